The predicted molar refractivity (Wildman–Crippen MR) is 81.7 cm³/mol. The third kappa shape index (κ3) is 3.44. The van der Waals surface area contributed by atoms with Crippen LogP contribution in [-0.4, -0.2) is 41.6 Å². The van der Waals surface area contributed by atoms with Gasteiger partial charge in [0, 0.05) is 31.5 Å². The van der Waals surface area contributed by atoms with E-state index < -0.39 is 6.10 Å². The van der Waals surface area contributed by atoms with E-state index in [-0.39, 0.29) is 5.91 Å². The largest absolute Gasteiger partial charge is 0.387 e. The zero-order chi connectivity index (χ0) is 14.7. The summed E-state index contributed by atoms with van der Waals surface area (Å²) in [6.07, 6.45) is 3.75. The van der Waals surface area contributed by atoms with E-state index in [1.807, 2.05) is 30.3 Å². The van der Waals surface area contributed by atoms with Crippen molar-refractivity contribution in [2.45, 2.75) is 37.8 Å². The van der Waals surface area contributed by atoms with E-state index in [4.69, 9.17) is 0 Å². The SMILES string of the molecule is O=C1CC(C2CCCCN2CC(O)c2ccccc2)CN1. The lowest BCUT2D eigenvalue weighted by molar-refractivity contribution is -0.119. The van der Waals surface area contributed by atoms with Crippen LogP contribution in [0.3, 0.4) is 0 Å². The Morgan fingerprint density at radius 1 is 1.29 bits per heavy atom. The van der Waals surface area contributed by atoms with Crippen LogP contribution in [-0.2, 0) is 4.79 Å². The second kappa shape index (κ2) is 6.58. The van der Waals surface area contributed by atoms with E-state index in [9.17, 15) is 9.90 Å². The number of hydrogen-bond donors (Lipinski definition) is 2. The molecule has 0 aromatic heterocycles. The standard InChI is InChI=1S/C17H24N2O2/c20-16(13-6-2-1-3-7-13)12-19-9-5-4-8-15(19)14-10-17(21)18-11-14/h1-3,6-7,14-16,20H,4-5,8-12H2,(H,18,21). The molecule has 2 aliphatic rings. The van der Waals surface area contributed by atoms with Gasteiger partial charge < -0.3 is 10.4 Å². The van der Waals surface area contributed by atoms with Gasteiger partial charge >= 0.3 is 0 Å². The van der Waals surface area contributed by atoms with Crippen molar-refractivity contribution in [3.8, 4) is 0 Å². The molecule has 4 nitrogen and oxygen atoms in total. The fourth-order valence-electron chi connectivity index (χ4n) is 3.68. The van der Waals surface area contributed by atoms with Gasteiger partial charge in [0.2, 0.25) is 5.91 Å². The van der Waals surface area contributed by atoms with E-state index in [1.54, 1.807) is 0 Å². The zero-order valence-electron chi connectivity index (χ0n) is 12.4. The highest BCUT2D eigenvalue weighted by Crippen LogP contribution is 2.29. The Kier molecular flexibility index (Phi) is 4.56. The number of β-amino-alcohol motifs (C(OH)–C–C–N with tert-alkyl or cyclic N) is 1. The molecule has 2 fully saturated rings. The average molecular weight is 288 g/mol. The molecule has 3 rings (SSSR count). The van der Waals surface area contributed by atoms with Crippen molar-refractivity contribution >= 4 is 5.91 Å². The Labute approximate surface area is 126 Å². The van der Waals surface area contributed by atoms with Gasteiger partial charge in [-0.3, -0.25) is 9.69 Å². The molecule has 2 saturated heterocycles. The van der Waals surface area contributed by atoms with Crippen LogP contribution < -0.4 is 5.32 Å². The molecule has 0 aliphatic carbocycles. The van der Waals surface area contributed by atoms with Gasteiger partial charge in [-0.05, 0) is 24.9 Å². The van der Waals surface area contributed by atoms with Gasteiger partial charge in [0.25, 0.3) is 0 Å². The van der Waals surface area contributed by atoms with Crippen molar-refractivity contribution in [3.63, 3.8) is 0 Å². The summed E-state index contributed by atoms with van der Waals surface area (Å²) in [5, 5.41) is 13.4. The van der Waals surface area contributed by atoms with Crippen LogP contribution >= 0.6 is 0 Å². The highest BCUT2D eigenvalue weighted by molar-refractivity contribution is 5.78. The lowest BCUT2D eigenvalue weighted by atomic mass is 9.89. The molecule has 0 saturated carbocycles. The number of aliphatic hydroxyl groups excluding tert-OH is 1. The van der Waals surface area contributed by atoms with Crippen molar-refractivity contribution in [1.29, 1.82) is 0 Å². The summed E-state index contributed by atoms with van der Waals surface area (Å²) in [6, 6.07) is 10.3. The number of nitrogens with one attached hydrogen (secondary N) is 1. The molecule has 0 spiro atoms. The van der Waals surface area contributed by atoms with Gasteiger partial charge in [-0.1, -0.05) is 36.8 Å². The van der Waals surface area contributed by atoms with E-state index >= 15 is 0 Å². The number of hydrogen-bond acceptors (Lipinski definition) is 3. The molecule has 3 unspecified atom stereocenters. The summed E-state index contributed by atoms with van der Waals surface area (Å²) >= 11 is 0. The first kappa shape index (κ1) is 14.5. The molecule has 2 heterocycles. The molecule has 1 aromatic rings. The number of amides is 1. The summed E-state index contributed by atoms with van der Waals surface area (Å²) in [6.45, 7) is 2.49. The summed E-state index contributed by atoms with van der Waals surface area (Å²) in [7, 11) is 0. The molecule has 0 bridgehead atoms. The Bertz CT molecular complexity index is 477. The van der Waals surface area contributed by atoms with Crippen molar-refractivity contribution in [2.24, 2.45) is 5.92 Å². The normalized spacial score (nSPS) is 28.3. The first-order chi connectivity index (χ1) is 10.2. The molecule has 114 valence electrons. The number of benzene rings is 1. The Morgan fingerprint density at radius 3 is 2.81 bits per heavy atom. The van der Waals surface area contributed by atoms with Crippen LogP contribution in [0, 0.1) is 5.92 Å². The first-order valence-corrected chi connectivity index (χ1v) is 7.98. The van der Waals surface area contributed by atoms with Crippen LogP contribution in [0.15, 0.2) is 30.3 Å². The second-order valence-electron chi connectivity index (χ2n) is 6.25. The lowest BCUT2D eigenvalue weighted by Gasteiger charge is -2.39. The van der Waals surface area contributed by atoms with Crippen molar-refractivity contribution in [1.82, 2.24) is 10.2 Å². The Morgan fingerprint density at radius 2 is 2.10 bits per heavy atom. The molecule has 21 heavy (non-hydrogen) atoms. The van der Waals surface area contributed by atoms with Gasteiger partial charge in [-0.15, -0.1) is 0 Å². The van der Waals surface area contributed by atoms with Crippen LogP contribution in [0.5, 0.6) is 0 Å². The minimum atomic E-state index is -0.447. The summed E-state index contributed by atoms with van der Waals surface area (Å²) in [4.78, 5) is 13.9. The monoisotopic (exact) mass is 288 g/mol. The molecular weight excluding hydrogens is 264 g/mol. The summed E-state index contributed by atoms with van der Waals surface area (Å²) in [5.74, 6) is 0.579. The fraction of sp³-hybridized carbons (Fsp3) is 0.588. The zero-order valence-corrected chi connectivity index (χ0v) is 12.4. The number of nitrogens with zero attached hydrogens (tertiary/aromatic N) is 1. The predicted octanol–water partition coefficient (Wildman–Crippen LogP) is 1.71. The third-order valence-corrected chi connectivity index (χ3v) is 4.81. The van der Waals surface area contributed by atoms with Gasteiger partial charge in [0.15, 0.2) is 0 Å². The molecule has 2 N–H and O–H groups in total. The average Bonchev–Trinajstić information content (AvgIpc) is 2.95. The summed E-state index contributed by atoms with van der Waals surface area (Å²) in [5.41, 5.74) is 0.974. The van der Waals surface area contributed by atoms with Crippen LogP contribution in [0.2, 0.25) is 0 Å². The lowest BCUT2D eigenvalue weighted by Crippen LogP contribution is -2.46. The minimum absolute atomic E-state index is 0.175. The molecular formula is C17H24N2O2. The maximum Gasteiger partial charge on any atom is 0.220 e. The number of rotatable bonds is 4. The van der Waals surface area contributed by atoms with E-state index in [0.29, 0.717) is 24.9 Å². The van der Waals surface area contributed by atoms with Crippen LogP contribution in [0.1, 0.15) is 37.4 Å². The fourth-order valence-corrected chi connectivity index (χ4v) is 3.68. The minimum Gasteiger partial charge on any atom is -0.387 e. The van der Waals surface area contributed by atoms with Crippen molar-refractivity contribution in [3.05, 3.63) is 35.9 Å². The van der Waals surface area contributed by atoms with E-state index in [2.05, 4.69) is 10.2 Å². The van der Waals surface area contributed by atoms with Gasteiger partial charge in [0.05, 0.1) is 6.10 Å². The highest BCUT2D eigenvalue weighted by Gasteiger charge is 2.35. The van der Waals surface area contributed by atoms with E-state index in [0.717, 1.165) is 25.1 Å². The number of carbonyl (C=O) groups excluding carboxylic acids is 1. The molecule has 3 atom stereocenters. The molecule has 2 aliphatic heterocycles. The Hall–Kier alpha value is -1.39. The molecule has 4 heteroatoms. The quantitative estimate of drug-likeness (QED) is 0.887. The van der Waals surface area contributed by atoms with Crippen LogP contribution in [0.4, 0.5) is 0 Å². The molecule has 0 radical (unpaired) electrons. The van der Waals surface area contributed by atoms with Gasteiger partial charge in [-0.2, -0.15) is 0 Å². The van der Waals surface area contributed by atoms with Gasteiger partial charge in [0.1, 0.15) is 0 Å². The summed E-state index contributed by atoms with van der Waals surface area (Å²) < 4.78 is 0. The van der Waals surface area contributed by atoms with Crippen LogP contribution in [0.25, 0.3) is 0 Å². The maximum atomic E-state index is 11.5. The number of carbonyl (C=O) groups is 1. The molecule has 1 amide bonds. The van der Waals surface area contributed by atoms with Crippen molar-refractivity contribution < 1.29 is 9.90 Å². The van der Waals surface area contributed by atoms with E-state index in [1.165, 1.54) is 12.8 Å². The van der Waals surface area contributed by atoms with Gasteiger partial charge in [-0.25, -0.2) is 0 Å². The first-order valence-electron chi connectivity index (χ1n) is 7.98. The third-order valence-electron chi connectivity index (χ3n) is 4.81. The molecule has 1 aromatic carbocycles. The smallest absolute Gasteiger partial charge is 0.220 e. The Balaban J connectivity index is 1.65. The number of piperidine rings is 1. The number of aliphatic hydroxyl groups is 1. The maximum absolute atomic E-state index is 11.5. The second-order valence-corrected chi connectivity index (χ2v) is 6.25. The highest BCUT2D eigenvalue weighted by atomic mass is 16.3. The number of likely N-dealkylation sites (tertiary alicyclic amines) is 1. The topological polar surface area (TPSA) is 52.6 Å². The van der Waals surface area contributed by atoms with Crippen molar-refractivity contribution in [2.75, 3.05) is 19.6 Å².